The summed E-state index contributed by atoms with van der Waals surface area (Å²) in [5, 5.41) is 7.05. The van der Waals surface area contributed by atoms with Gasteiger partial charge in [0.1, 0.15) is 46.5 Å². The molecule has 0 spiro atoms. The molecule has 15 nitrogen and oxygen atoms in total. The number of nitrogens with one attached hydrogen (secondary N) is 3. The summed E-state index contributed by atoms with van der Waals surface area (Å²) in [6.07, 6.45) is 6.34. The van der Waals surface area contributed by atoms with Crippen LogP contribution >= 0.6 is 0 Å². The number of sulfonamides is 1. The van der Waals surface area contributed by atoms with Crippen molar-refractivity contribution in [2.45, 2.75) is 106 Å². The lowest BCUT2D eigenvalue weighted by Crippen LogP contribution is -2.59. The Hall–Kier alpha value is -4.51. The van der Waals surface area contributed by atoms with Crippen LogP contribution in [-0.2, 0) is 33.9 Å². The van der Waals surface area contributed by atoms with Crippen molar-refractivity contribution in [2.75, 3.05) is 33.5 Å². The molecule has 17 heteroatoms. The van der Waals surface area contributed by atoms with Crippen molar-refractivity contribution in [2.24, 2.45) is 17.8 Å². The van der Waals surface area contributed by atoms with Gasteiger partial charge >= 0.3 is 6.09 Å². The molecule has 310 valence electrons. The topological polar surface area (TPSA) is 192 Å². The number of hydrogen-bond acceptors (Lipinski definition) is 11. The highest BCUT2D eigenvalue weighted by Crippen LogP contribution is 2.48. The average molecular weight is 814 g/mol. The second-order valence-electron chi connectivity index (χ2n) is 16.8. The molecule has 3 aliphatic heterocycles. The van der Waals surface area contributed by atoms with Gasteiger partial charge in [-0.1, -0.05) is 44.2 Å². The quantitative estimate of drug-likeness (QED) is 0.313. The van der Waals surface area contributed by atoms with Crippen LogP contribution in [0.2, 0.25) is 0 Å². The zero-order valence-corrected chi connectivity index (χ0v) is 33.6. The fraction of sp³-hybridized carbons (Fsp3) is 0.625. The molecule has 1 unspecified atom stereocenters. The van der Waals surface area contributed by atoms with Gasteiger partial charge < -0.3 is 34.5 Å². The van der Waals surface area contributed by atoms with E-state index in [2.05, 4.69) is 27.3 Å². The number of pyridine rings is 1. The van der Waals surface area contributed by atoms with E-state index >= 15 is 0 Å². The molecule has 5 aliphatic rings. The fourth-order valence-corrected chi connectivity index (χ4v) is 9.84. The number of amides is 4. The molecule has 2 aromatic rings. The van der Waals surface area contributed by atoms with Crippen LogP contribution in [-0.4, -0.2) is 110 Å². The molecule has 0 bridgehead atoms. The molecule has 0 radical (unpaired) electrons. The van der Waals surface area contributed by atoms with Gasteiger partial charge in [0.25, 0.3) is 5.91 Å². The van der Waals surface area contributed by atoms with E-state index in [1.54, 1.807) is 6.92 Å². The molecular formula is C40H52FN5O10S. The Morgan fingerprint density at radius 3 is 2.56 bits per heavy atom. The number of carbonyl (C=O) groups excluding carboxylic acids is 4. The van der Waals surface area contributed by atoms with Crippen molar-refractivity contribution in [3.8, 4) is 11.6 Å². The summed E-state index contributed by atoms with van der Waals surface area (Å²) >= 11 is 0. The predicted molar refractivity (Wildman–Crippen MR) is 205 cm³/mol. The average Bonchev–Trinajstić information content (AvgIpc) is 4.03. The minimum absolute atomic E-state index is 0.0154. The number of methoxy groups -OCH3 is 1. The Morgan fingerprint density at radius 2 is 1.88 bits per heavy atom. The van der Waals surface area contributed by atoms with Gasteiger partial charge in [-0.3, -0.25) is 19.1 Å². The first-order valence-corrected chi connectivity index (χ1v) is 21.2. The Bertz CT molecular complexity index is 2040. The van der Waals surface area contributed by atoms with Gasteiger partial charge in [0.15, 0.2) is 0 Å². The highest BCUT2D eigenvalue weighted by Gasteiger charge is 2.64. The van der Waals surface area contributed by atoms with E-state index < -0.39 is 86.4 Å². The molecule has 4 fully saturated rings. The van der Waals surface area contributed by atoms with Gasteiger partial charge in [-0.2, -0.15) is 0 Å². The van der Waals surface area contributed by atoms with Gasteiger partial charge in [0.05, 0.1) is 33.1 Å². The zero-order valence-electron chi connectivity index (χ0n) is 32.8. The summed E-state index contributed by atoms with van der Waals surface area (Å²) in [7, 11) is -2.85. The number of allylic oxidation sites excluding steroid dienone is 1. The van der Waals surface area contributed by atoms with Crippen LogP contribution in [0.3, 0.4) is 0 Å². The molecule has 4 amide bonds. The molecule has 2 saturated carbocycles. The molecule has 7 rings (SSSR count). The van der Waals surface area contributed by atoms with E-state index in [9.17, 15) is 32.0 Å². The number of carbonyl (C=O) groups is 4. The van der Waals surface area contributed by atoms with Crippen molar-refractivity contribution in [3.63, 3.8) is 0 Å². The number of nitrogens with zero attached hydrogens (tertiary/aromatic N) is 2. The van der Waals surface area contributed by atoms with Crippen LogP contribution in [0, 0.1) is 17.8 Å². The van der Waals surface area contributed by atoms with Crippen LogP contribution < -0.4 is 24.8 Å². The van der Waals surface area contributed by atoms with Crippen molar-refractivity contribution in [3.05, 3.63) is 42.6 Å². The van der Waals surface area contributed by atoms with Crippen LogP contribution in [0.4, 0.5) is 9.18 Å². The lowest BCUT2D eigenvalue weighted by molar-refractivity contribution is -0.142. The number of rotatable bonds is 9. The minimum atomic E-state index is -4.39. The minimum Gasteiger partial charge on any atom is -0.494 e. The molecule has 8 atom stereocenters. The number of halogens is 1. The fourth-order valence-electron chi connectivity index (χ4n) is 8.42. The van der Waals surface area contributed by atoms with E-state index in [1.807, 2.05) is 43.3 Å². The lowest BCUT2D eigenvalue weighted by Gasteiger charge is -2.33. The third-order valence-electron chi connectivity index (χ3n) is 12.3. The van der Waals surface area contributed by atoms with Gasteiger partial charge in [-0.25, -0.2) is 22.6 Å². The Morgan fingerprint density at radius 1 is 1.12 bits per heavy atom. The first-order chi connectivity index (χ1) is 27.1. The Balaban J connectivity index is 1.22. The van der Waals surface area contributed by atoms with Gasteiger partial charge in [-0.05, 0) is 63.4 Å². The number of alkyl halides is 1. The highest BCUT2D eigenvalue weighted by molar-refractivity contribution is 7.91. The third kappa shape index (κ3) is 8.14. The number of hydrogen-bond donors (Lipinski definition) is 3. The van der Waals surface area contributed by atoms with Crippen LogP contribution in [0.25, 0.3) is 10.8 Å². The van der Waals surface area contributed by atoms with Crippen LogP contribution in [0.15, 0.2) is 42.6 Å². The standard InChI is InChI=1S/C40H52FN5O10S/c1-24-9-5-6-10-26-19-40(26,36(49)45-57(51,52)39(22-41)13-14-39)44-33(47)30-18-27(55-34-29-12-8-7-11-28(29)31(53-4)20-42-34)21-46(30)35(48)32(25(2)17-24)43-37(50)56-38(3)15-16-54-23-38/h6-8,10-12,20,24-27,30,32H,5,9,13-19,21-23H2,1-4H3,(H,43,50)(H,44,47)(H,45,49)/b10-6-/t24-,25+,26+,27+,30-,32-,38?,40+/m0/s1. The number of aromatic nitrogens is 1. The van der Waals surface area contributed by atoms with Crippen molar-refractivity contribution >= 4 is 44.6 Å². The van der Waals surface area contributed by atoms with E-state index in [4.69, 9.17) is 18.9 Å². The van der Waals surface area contributed by atoms with Crippen LogP contribution in [0.1, 0.15) is 72.1 Å². The van der Waals surface area contributed by atoms with Crippen LogP contribution in [0.5, 0.6) is 11.6 Å². The maximum Gasteiger partial charge on any atom is 0.408 e. The summed E-state index contributed by atoms with van der Waals surface area (Å²) in [5.41, 5.74) is -2.53. The van der Waals surface area contributed by atoms with E-state index in [0.29, 0.717) is 37.0 Å². The third-order valence-corrected chi connectivity index (χ3v) is 14.4. The number of alkyl carbamates (subject to hydrolysis) is 1. The highest BCUT2D eigenvalue weighted by atomic mass is 32.2. The number of benzene rings is 1. The van der Waals surface area contributed by atoms with E-state index in [0.717, 1.165) is 11.8 Å². The van der Waals surface area contributed by atoms with Gasteiger partial charge in [0.2, 0.25) is 27.7 Å². The largest absolute Gasteiger partial charge is 0.494 e. The van der Waals surface area contributed by atoms with Gasteiger partial charge in [0, 0.05) is 29.5 Å². The predicted octanol–water partition coefficient (Wildman–Crippen LogP) is 3.70. The Labute approximate surface area is 331 Å². The van der Waals surface area contributed by atoms with E-state index in [-0.39, 0.29) is 50.6 Å². The smallest absolute Gasteiger partial charge is 0.408 e. The molecule has 3 N–H and O–H groups in total. The van der Waals surface area contributed by atoms with Crippen molar-refractivity contribution < 1.29 is 50.9 Å². The van der Waals surface area contributed by atoms with Gasteiger partial charge in [-0.15, -0.1) is 0 Å². The summed E-state index contributed by atoms with van der Waals surface area (Å²) < 4.78 is 63.9. The van der Waals surface area contributed by atoms with Crippen molar-refractivity contribution in [1.82, 2.24) is 25.2 Å². The molecule has 4 heterocycles. The van der Waals surface area contributed by atoms with Crippen molar-refractivity contribution in [1.29, 1.82) is 0 Å². The summed E-state index contributed by atoms with van der Waals surface area (Å²) in [6.45, 7) is 5.13. The molecule has 57 heavy (non-hydrogen) atoms. The number of fused-ring (bicyclic) bond motifs is 3. The van der Waals surface area contributed by atoms with E-state index in [1.165, 1.54) is 18.2 Å². The summed E-state index contributed by atoms with van der Waals surface area (Å²) in [6, 6.07) is 5.05. The molecule has 1 aromatic carbocycles. The second kappa shape index (κ2) is 15.7. The molecule has 1 aromatic heterocycles. The summed E-state index contributed by atoms with van der Waals surface area (Å²) in [5.74, 6) is -2.24. The second-order valence-corrected chi connectivity index (χ2v) is 18.8. The lowest BCUT2D eigenvalue weighted by atomic mass is 9.88. The maximum absolute atomic E-state index is 14.9. The normalized spacial score (nSPS) is 33.1. The Kier molecular flexibility index (Phi) is 11.2. The molecule has 2 aliphatic carbocycles. The molecular weight excluding hydrogens is 762 g/mol. The zero-order chi connectivity index (χ0) is 40.8. The monoisotopic (exact) mass is 813 g/mol. The maximum atomic E-state index is 14.9. The number of ether oxygens (including phenoxy) is 4. The SMILES string of the molecule is COc1cnc(O[C@@H]2C[C@H]3C(=O)N[C@]4(C(=O)NS(=O)(=O)C5(CF)CC5)C[C@H]4/C=C\CC[C@H](C)C[C@@H](C)[C@H](NC(=O)OC4(C)CCOC4)C(=O)N3C2)c2ccccc12. The molecule has 2 saturated heterocycles. The first-order valence-electron chi connectivity index (χ1n) is 19.7. The summed E-state index contributed by atoms with van der Waals surface area (Å²) in [4.78, 5) is 62.7. The first kappa shape index (κ1) is 40.7.